The Bertz CT molecular complexity index is 196. The lowest BCUT2D eigenvalue weighted by atomic mass is 10.0. The summed E-state index contributed by atoms with van der Waals surface area (Å²) < 4.78 is 4.52. The van der Waals surface area contributed by atoms with Gasteiger partial charge in [0.25, 0.3) is 0 Å². The van der Waals surface area contributed by atoms with Crippen molar-refractivity contribution in [1.82, 2.24) is 0 Å². The molecular formula is C11H19NO2. The molecule has 0 amide bonds. The first-order valence-electron chi connectivity index (χ1n) is 5.23. The number of rotatable bonds is 7. The molecule has 0 aliphatic rings. The van der Waals surface area contributed by atoms with Gasteiger partial charge in [-0.3, -0.25) is 4.79 Å². The fourth-order valence-corrected chi connectivity index (χ4v) is 1.33. The number of nitrogens with zero attached hydrogens (tertiary/aromatic N) is 1. The molecule has 0 aromatic heterocycles. The van der Waals surface area contributed by atoms with Gasteiger partial charge >= 0.3 is 5.97 Å². The predicted molar refractivity (Wildman–Crippen MR) is 54.5 cm³/mol. The topological polar surface area (TPSA) is 50.1 Å². The van der Waals surface area contributed by atoms with Crippen LogP contribution in [0.3, 0.4) is 0 Å². The van der Waals surface area contributed by atoms with Crippen molar-refractivity contribution in [3.63, 3.8) is 0 Å². The van der Waals surface area contributed by atoms with E-state index in [2.05, 4.69) is 11.7 Å². The van der Waals surface area contributed by atoms with Crippen LogP contribution < -0.4 is 0 Å². The van der Waals surface area contributed by atoms with Crippen LogP contribution in [0.2, 0.25) is 0 Å². The SMILES string of the molecule is CCCCCCCC(C#N)C(=O)OC. The molecule has 0 saturated heterocycles. The van der Waals surface area contributed by atoms with E-state index in [1.165, 1.54) is 26.4 Å². The fourth-order valence-electron chi connectivity index (χ4n) is 1.33. The van der Waals surface area contributed by atoms with E-state index in [9.17, 15) is 4.79 Å². The van der Waals surface area contributed by atoms with E-state index < -0.39 is 11.9 Å². The third kappa shape index (κ3) is 5.58. The van der Waals surface area contributed by atoms with Gasteiger partial charge in [-0.05, 0) is 6.42 Å². The van der Waals surface area contributed by atoms with Gasteiger partial charge in [0.15, 0.2) is 0 Å². The van der Waals surface area contributed by atoms with E-state index >= 15 is 0 Å². The maximum Gasteiger partial charge on any atom is 0.323 e. The first-order chi connectivity index (χ1) is 6.76. The molecule has 3 nitrogen and oxygen atoms in total. The highest BCUT2D eigenvalue weighted by Gasteiger charge is 2.17. The zero-order valence-electron chi connectivity index (χ0n) is 9.08. The number of esters is 1. The van der Waals surface area contributed by atoms with Crippen LogP contribution in [0.1, 0.15) is 45.4 Å². The summed E-state index contributed by atoms with van der Waals surface area (Å²) in [4.78, 5) is 11.0. The average Bonchev–Trinajstić information content (AvgIpc) is 2.22. The van der Waals surface area contributed by atoms with Crippen molar-refractivity contribution >= 4 is 5.97 Å². The second kappa shape index (κ2) is 8.55. The third-order valence-electron chi connectivity index (χ3n) is 2.24. The number of nitriles is 1. The van der Waals surface area contributed by atoms with Gasteiger partial charge in [0, 0.05) is 0 Å². The standard InChI is InChI=1S/C11H19NO2/c1-3-4-5-6-7-8-10(9-12)11(13)14-2/h10H,3-8H2,1-2H3. The summed E-state index contributed by atoms with van der Waals surface area (Å²) in [5, 5.41) is 8.68. The van der Waals surface area contributed by atoms with Crippen molar-refractivity contribution < 1.29 is 9.53 Å². The molecule has 80 valence electrons. The fraction of sp³-hybridized carbons (Fsp3) is 0.818. The van der Waals surface area contributed by atoms with Gasteiger partial charge in [0.05, 0.1) is 13.2 Å². The Labute approximate surface area is 86.1 Å². The van der Waals surface area contributed by atoms with E-state index in [1.807, 2.05) is 6.07 Å². The maximum absolute atomic E-state index is 11.0. The van der Waals surface area contributed by atoms with Gasteiger partial charge < -0.3 is 4.74 Å². The molecule has 0 aromatic carbocycles. The van der Waals surface area contributed by atoms with Crippen molar-refractivity contribution in [3.8, 4) is 6.07 Å². The Hall–Kier alpha value is -1.04. The second-order valence-corrected chi connectivity index (χ2v) is 3.41. The van der Waals surface area contributed by atoms with Crippen LogP contribution in [0.4, 0.5) is 0 Å². The quantitative estimate of drug-likeness (QED) is 0.465. The van der Waals surface area contributed by atoms with Crippen LogP contribution in [0.15, 0.2) is 0 Å². The largest absolute Gasteiger partial charge is 0.468 e. The van der Waals surface area contributed by atoms with Crippen molar-refractivity contribution in [3.05, 3.63) is 0 Å². The van der Waals surface area contributed by atoms with E-state index in [-0.39, 0.29) is 0 Å². The van der Waals surface area contributed by atoms with Crippen LogP contribution in [0.5, 0.6) is 0 Å². The Morgan fingerprint density at radius 3 is 2.50 bits per heavy atom. The van der Waals surface area contributed by atoms with Crippen molar-refractivity contribution in [1.29, 1.82) is 5.26 Å². The smallest absolute Gasteiger partial charge is 0.323 e. The van der Waals surface area contributed by atoms with Gasteiger partial charge in [-0.2, -0.15) is 5.26 Å². The Morgan fingerprint density at radius 2 is 2.00 bits per heavy atom. The summed E-state index contributed by atoms with van der Waals surface area (Å²) in [5.41, 5.74) is 0. The van der Waals surface area contributed by atoms with Gasteiger partial charge in [-0.1, -0.05) is 39.0 Å². The summed E-state index contributed by atoms with van der Waals surface area (Å²) in [6.07, 6.45) is 6.30. The minimum atomic E-state index is -0.568. The van der Waals surface area contributed by atoms with Gasteiger partial charge in [-0.15, -0.1) is 0 Å². The summed E-state index contributed by atoms with van der Waals surface area (Å²) in [7, 11) is 1.32. The first-order valence-corrected chi connectivity index (χ1v) is 5.23. The summed E-state index contributed by atoms with van der Waals surface area (Å²) in [6.45, 7) is 2.16. The highest BCUT2D eigenvalue weighted by Crippen LogP contribution is 2.12. The molecule has 0 N–H and O–H groups in total. The van der Waals surface area contributed by atoms with Crippen LogP contribution >= 0.6 is 0 Å². The van der Waals surface area contributed by atoms with Gasteiger partial charge in [0.2, 0.25) is 0 Å². The van der Waals surface area contributed by atoms with Gasteiger partial charge in [0.1, 0.15) is 5.92 Å². The molecule has 0 heterocycles. The molecule has 0 bridgehead atoms. The molecule has 3 heteroatoms. The monoisotopic (exact) mass is 197 g/mol. The van der Waals surface area contributed by atoms with Crippen LogP contribution in [-0.2, 0) is 9.53 Å². The Kier molecular flexibility index (Phi) is 7.92. The molecule has 1 atom stereocenters. The molecular weight excluding hydrogens is 178 g/mol. The van der Waals surface area contributed by atoms with Crippen LogP contribution in [-0.4, -0.2) is 13.1 Å². The zero-order valence-corrected chi connectivity index (χ0v) is 9.08. The van der Waals surface area contributed by atoms with Crippen LogP contribution in [0, 0.1) is 17.2 Å². The molecule has 0 aliphatic heterocycles. The number of unbranched alkanes of at least 4 members (excludes halogenated alkanes) is 4. The summed E-state index contributed by atoms with van der Waals surface area (Å²) in [6, 6.07) is 1.97. The van der Waals surface area contributed by atoms with E-state index in [0.29, 0.717) is 6.42 Å². The van der Waals surface area contributed by atoms with Gasteiger partial charge in [-0.25, -0.2) is 0 Å². The highest BCUT2D eigenvalue weighted by atomic mass is 16.5. The number of carbonyl (C=O) groups is 1. The molecule has 0 saturated carbocycles. The Morgan fingerprint density at radius 1 is 1.36 bits per heavy atom. The van der Waals surface area contributed by atoms with E-state index in [0.717, 1.165) is 12.8 Å². The van der Waals surface area contributed by atoms with E-state index in [4.69, 9.17) is 5.26 Å². The van der Waals surface area contributed by atoms with Crippen LogP contribution in [0.25, 0.3) is 0 Å². The number of carbonyl (C=O) groups excluding carboxylic acids is 1. The van der Waals surface area contributed by atoms with Crippen molar-refractivity contribution in [2.75, 3.05) is 7.11 Å². The Balaban J connectivity index is 3.54. The average molecular weight is 197 g/mol. The van der Waals surface area contributed by atoms with Crippen molar-refractivity contribution in [2.24, 2.45) is 5.92 Å². The zero-order chi connectivity index (χ0) is 10.8. The molecule has 0 aliphatic carbocycles. The summed E-state index contributed by atoms with van der Waals surface area (Å²) >= 11 is 0. The van der Waals surface area contributed by atoms with Crippen molar-refractivity contribution in [2.45, 2.75) is 45.4 Å². The lowest BCUT2D eigenvalue weighted by molar-refractivity contribution is -0.143. The molecule has 0 rings (SSSR count). The number of methoxy groups -OCH3 is 1. The lowest BCUT2D eigenvalue weighted by Crippen LogP contribution is -2.14. The minimum absolute atomic E-state index is 0.400. The predicted octanol–water partition coefficient (Wildman–Crippen LogP) is 2.66. The second-order valence-electron chi connectivity index (χ2n) is 3.41. The number of hydrogen-bond donors (Lipinski definition) is 0. The molecule has 0 spiro atoms. The number of ether oxygens (including phenoxy) is 1. The molecule has 1 unspecified atom stereocenters. The molecule has 0 fully saturated rings. The normalized spacial score (nSPS) is 11.8. The summed E-state index contributed by atoms with van der Waals surface area (Å²) in [5.74, 6) is -0.968. The highest BCUT2D eigenvalue weighted by molar-refractivity contribution is 5.74. The van der Waals surface area contributed by atoms with E-state index in [1.54, 1.807) is 0 Å². The molecule has 0 aromatic rings. The lowest BCUT2D eigenvalue weighted by Gasteiger charge is -2.05. The third-order valence-corrected chi connectivity index (χ3v) is 2.24. The number of hydrogen-bond acceptors (Lipinski definition) is 3. The maximum atomic E-state index is 11.0. The first kappa shape index (κ1) is 13.0. The minimum Gasteiger partial charge on any atom is -0.468 e. The molecule has 14 heavy (non-hydrogen) atoms. The molecule has 0 radical (unpaired) electrons.